The Morgan fingerprint density at radius 2 is 1.51 bits per heavy atom. The lowest BCUT2D eigenvalue weighted by Crippen LogP contribution is -2.35. The fourth-order valence-electron chi connectivity index (χ4n) is 9.30. The van der Waals surface area contributed by atoms with E-state index in [-0.39, 0.29) is 6.04 Å². The van der Waals surface area contributed by atoms with Crippen LogP contribution in [0.1, 0.15) is 47.1 Å². The van der Waals surface area contributed by atoms with Crippen LogP contribution in [0.2, 0.25) is 0 Å². The van der Waals surface area contributed by atoms with Gasteiger partial charge in [-0.1, -0.05) is 109 Å². The number of aromatic nitrogens is 1. The quantitative estimate of drug-likeness (QED) is 0.159. The monoisotopic (exact) mass is 600 g/mol. The van der Waals surface area contributed by atoms with Crippen molar-refractivity contribution in [2.45, 2.75) is 41.7 Å². The average Bonchev–Trinajstić information content (AvgIpc) is 3.93. The Morgan fingerprint density at radius 3 is 2.36 bits per heavy atom. The van der Waals surface area contributed by atoms with Gasteiger partial charge in [0.1, 0.15) is 0 Å². The Balaban J connectivity index is 1.02. The van der Waals surface area contributed by atoms with Gasteiger partial charge in [-0.3, -0.25) is 0 Å². The number of nitrogens with one attached hydrogen (secondary N) is 2. The van der Waals surface area contributed by atoms with E-state index in [1.807, 2.05) is 0 Å². The molecule has 2 N–H and O–H groups in total. The standard InChI is InChI=1S/C42H36N2S/c1-2-9-26(8-1)38-39-36-23-43-24-37(36)44-40(42(39)45-41(38)28-10-3-4-11-28)27-18-16-25(17-19-27)29-20-21-34-32-15-7-14-31(32)30-12-5-6-13-33(30)35(34)22-29/h1-9,12-14,16-24,26,28,38-44H,10-11,15H2. The first-order valence-electron chi connectivity index (χ1n) is 16.6. The van der Waals surface area contributed by atoms with E-state index in [1.54, 1.807) is 0 Å². The Morgan fingerprint density at radius 1 is 0.711 bits per heavy atom. The molecule has 3 heteroatoms. The van der Waals surface area contributed by atoms with Gasteiger partial charge in [0.2, 0.25) is 0 Å². The van der Waals surface area contributed by atoms with Gasteiger partial charge < -0.3 is 10.3 Å². The van der Waals surface area contributed by atoms with E-state index in [9.17, 15) is 0 Å². The van der Waals surface area contributed by atoms with Crippen molar-refractivity contribution in [3.8, 4) is 11.1 Å². The van der Waals surface area contributed by atoms with E-state index in [2.05, 4.69) is 150 Å². The third kappa shape index (κ3) is 3.96. The van der Waals surface area contributed by atoms with Crippen molar-refractivity contribution in [2.75, 3.05) is 5.32 Å². The van der Waals surface area contributed by atoms with E-state index in [0.29, 0.717) is 28.3 Å². The third-order valence-electron chi connectivity index (χ3n) is 11.4. The summed E-state index contributed by atoms with van der Waals surface area (Å²) in [6, 6.07) is 25.8. The van der Waals surface area contributed by atoms with Crippen LogP contribution in [0.15, 0.2) is 122 Å². The van der Waals surface area contributed by atoms with E-state index in [0.717, 1.165) is 12.3 Å². The maximum absolute atomic E-state index is 4.00. The predicted molar refractivity (Wildman–Crippen MR) is 192 cm³/mol. The highest BCUT2D eigenvalue weighted by atomic mass is 32.2. The SMILES string of the molecule is C1=CC(C2C(C3CC=CC3)SC3C(c4ccc(-c5ccc6c7c(c8ccccc8c6c5)C=CC7)cc4)Nc4c[nH]cc4C32)C=C1. The number of fused-ring (bicyclic) bond motifs is 9. The lowest BCUT2D eigenvalue weighted by atomic mass is 9.69. The second kappa shape index (κ2) is 10.2. The largest absolute Gasteiger partial charge is 0.376 e. The number of H-pyrrole nitrogens is 1. The molecular formula is C42H36N2S. The molecule has 1 fully saturated rings. The molecule has 220 valence electrons. The number of rotatable bonds is 4. The maximum atomic E-state index is 4.00. The van der Waals surface area contributed by atoms with Gasteiger partial charge in [0.05, 0.1) is 11.7 Å². The Bertz CT molecular complexity index is 2070. The summed E-state index contributed by atoms with van der Waals surface area (Å²) < 4.78 is 0. The normalized spacial score (nSPS) is 26.6. The van der Waals surface area contributed by atoms with Gasteiger partial charge in [-0.15, -0.1) is 0 Å². The highest BCUT2D eigenvalue weighted by Crippen LogP contribution is 2.62. The van der Waals surface area contributed by atoms with Gasteiger partial charge in [-0.25, -0.2) is 0 Å². The lowest BCUT2D eigenvalue weighted by Gasteiger charge is -2.38. The number of thioether (sulfide) groups is 1. The molecule has 5 atom stereocenters. The molecule has 5 aliphatic rings. The second-order valence-electron chi connectivity index (χ2n) is 13.6. The summed E-state index contributed by atoms with van der Waals surface area (Å²) in [7, 11) is 0. The van der Waals surface area contributed by atoms with Crippen molar-refractivity contribution in [3.63, 3.8) is 0 Å². The van der Waals surface area contributed by atoms with Crippen LogP contribution >= 0.6 is 11.8 Å². The number of aromatic amines is 1. The van der Waals surface area contributed by atoms with E-state index >= 15 is 0 Å². The molecule has 2 nitrogen and oxygen atoms in total. The minimum atomic E-state index is 0.282. The molecule has 4 aromatic carbocycles. The molecule has 45 heavy (non-hydrogen) atoms. The molecule has 1 aromatic heterocycles. The van der Waals surface area contributed by atoms with Gasteiger partial charge >= 0.3 is 0 Å². The van der Waals surface area contributed by atoms with E-state index in [1.165, 1.54) is 73.5 Å². The highest BCUT2D eigenvalue weighted by molar-refractivity contribution is 8.00. The zero-order valence-corrected chi connectivity index (χ0v) is 26.0. The summed E-state index contributed by atoms with van der Waals surface area (Å²) >= 11 is 2.28. The van der Waals surface area contributed by atoms with Crippen LogP contribution in [0.4, 0.5) is 5.69 Å². The van der Waals surface area contributed by atoms with Gasteiger partial charge in [0, 0.05) is 28.8 Å². The van der Waals surface area contributed by atoms with Gasteiger partial charge in [-0.2, -0.15) is 11.8 Å². The first kappa shape index (κ1) is 26.1. The predicted octanol–water partition coefficient (Wildman–Crippen LogP) is 10.6. The molecule has 0 bridgehead atoms. The number of hydrogen-bond acceptors (Lipinski definition) is 2. The molecule has 0 spiro atoms. The van der Waals surface area contributed by atoms with Crippen molar-refractivity contribution in [3.05, 3.63) is 144 Å². The molecule has 0 radical (unpaired) electrons. The van der Waals surface area contributed by atoms with Crippen LogP contribution in [0.5, 0.6) is 0 Å². The molecule has 5 aromatic rings. The number of benzene rings is 4. The van der Waals surface area contributed by atoms with Crippen LogP contribution in [0.3, 0.4) is 0 Å². The summed E-state index contributed by atoms with van der Waals surface area (Å²) in [5.74, 6) is 2.39. The molecule has 0 amide bonds. The summed E-state index contributed by atoms with van der Waals surface area (Å²) in [6.07, 6.45) is 26.8. The highest BCUT2D eigenvalue weighted by Gasteiger charge is 2.54. The molecule has 2 aliphatic heterocycles. The zero-order valence-electron chi connectivity index (χ0n) is 25.2. The Labute approximate surface area is 269 Å². The van der Waals surface area contributed by atoms with Crippen molar-refractivity contribution in [1.82, 2.24) is 4.98 Å². The van der Waals surface area contributed by atoms with Crippen LogP contribution in [0, 0.1) is 17.8 Å². The minimum absolute atomic E-state index is 0.282. The van der Waals surface area contributed by atoms with Gasteiger partial charge in [-0.05, 0) is 98.0 Å². The lowest BCUT2D eigenvalue weighted by molar-refractivity contribution is 0.313. The van der Waals surface area contributed by atoms with Crippen LogP contribution in [-0.4, -0.2) is 15.5 Å². The molecule has 5 unspecified atom stereocenters. The minimum Gasteiger partial charge on any atom is -0.376 e. The Kier molecular flexibility index (Phi) is 5.88. The first-order valence-corrected chi connectivity index (χ1v) is 17.6. The molecule has 3 aliphatic carbocycles. The van der Waals surface area contributed by atoms with Crippen LogP contribution < -0.4 is 5.32 Å². The molecular weight excluding hydrogens is 565 g/mol. The summed E-state index contributed by atoms with van der Waals surface area (Å²) in [6.45, 7) is 0. The van der Waals surface area contributed by atoms with Crippen LogP contribution in [-0.2, 0) is 6.42 Å². The van der Waals surface area contributed by atoms with Crippen molar-refractivity contribution < 1.29 is 0 Å². The number of anilines is 1. The number of hydrogen-bond donors (Lipinski definition) is 2. The molecule has 10 rings (SSSR count). The topological polar surface area (TPSA) is 27.8 Å². The smallest absolute Gasteiger partial charge is 0.0639 e. The fraction of sp³-hybridized carbons (Fsp3) is 0.238. The van der Waals surface area contributed by atoms with Crippen molar-refractivity contribution >= 4 is 45.1 Å². The summed E-state index contributed by atoms with van der Waals surface area (Å²) in [5, 5.41) is 10.6. The van der Waals surface area contributed by atoms with E-state index < -0.39 is 0 Å². The summed E-state index contributed by atoms with van der Waals surface area (Å²) in [5.41, 5.74) is 9.60. The van der Waals surface area contributed by atoms with Crippen LogP contribution in [0.25, 0.3) is 38.7 Å². The molecule has 3 heterocycles. The average molecular weight is 601 g/mol. The zero-order chi connectivity index (χ0) is 29.5. The van der Waals surface area contributed by atoms with Gasteiger partial charge in [0.25, 0.3) is 0 Å². The van der Waals surface area contributed by atoms with Crippen molar-refractivity contribution in [1.29, 1.82) is 0 Å². The molecule has 1 saturated heterocycles. The van der Waals surface area contributed by atoms with Gasteiger partial charge in [0.15, 0.2) is 0 Å². The summed E-state index contributed by atoms with van der Waals surface area (Å²) in [4.78, 5) is 3.47. The molecule has 0 saturated carbocycles. The number of allylic oxidation sites excluding steroid dienone is 7. The Hall–Kier alpha value is -4.21. The maximum Gasteiger partial charge on any atom is 0.0639 e. The van der Waals surface area contributed by atoms with Crippen molar-refractivity contribution in [2.24, 2.45) is 17.8 Å². The third-order valence-corrected chi connectivity index (χ3v) is 13.2. The first-order chi connectivity index (χ1) is 22.3. The van der Waals surface area contributed by atoms with E-state index in [4.69, 9.17) is 0 Å². The second-order valence-corrected chi connectivity index (χ2v) is 15.0. The fourth-order valence-corrected chi connectivity index (χ4v) is 11.5.